The van der Waals surface area contributed by atoms with Gasteiger partial charge in [-0.15, -0.1) is 0 Å². The lowest BCUT2D eigenvalue weighted by molar-refractivity contribution is -0.137. The molecule has 0 aliphatic carbocycles. The number of nitrogens with zero attached hydrogens (tertiary/aromatic N) is 12. The predicted octanol–water partition coefficient (Wildman–Crippen LogP) is 8.46. The summed E-state index contributed by atoms with van der Waals surface area (Å²) >= 11 is 0. The largest absolute Gasteiger partial charge is 0.416 e. The number of likely N-dealkylation sites (N-methyl/N-ethyl adjacent to an activating group) is 3. The number of hydrogen-bond donors (Lipinski definition) is 0. The molecule has 426 valence electrons. The molecule has 0 spiro atoms. The zero-order valence-corrected chi connectivity index (χ0v) is 48.0. The molecule has 0 saturated heterocycles. The highest BCUT2D eigenvalue weighted by atomic mass is 32.2. The van der Waals surface area contributed by atoms with Crippen molar-refractivity contribution in [3.8, 4) is 0 Å². The molecule has 0 fully saturated rings. The van der Waals surface area contributed by atoms with Crippen LogP contribution in [0.2, 0.25) is 0 Å². The van der Waals surface area contributed by atoms with Crippen LogP contribution in [0, 0.1) is 12.7 Å². The fourth-order valence-electron chi connectivity index (χ4n) is 10.2. The van der Waals surface area contributed by atoms with Crippen molar-refractivity contribution in [1.82, 2.24) is 56.0 Å². The molecule has 3 aromatic carbocycles. The number of aryl methyl sites for hydroxylation is 3. The van der Waals surface area contributed by atoms with Gasteiger partial charge >= 0.3 is 6.18 Å². The Labute approximate surface area is 466 Å². The topological polar surface area (TPSA) is 180 Å². The highest BCUT2D eigenvalue weighted by Crippen LogP contribution is 2.39. The van der Waals surface area contributed by atoms with E-state index in [9.17, 15) is 42.8 Å². The zero-order chi connectivity index (χ0) is 57.9. The first-order valence-electron chi connectivity index (χ1n) is 25.8. The minimum absolute atomic E-state index is 0.0271. The van der Waals surface area contributed by atoms with Gasteiger partial charge in [0.1, 0.15) is 20.5 Å². The normalized spacial score (nSPS) is 16.3. The van der Waals surface area contributed by atoms with Crippen LogP contribution in [0.5, 0.6) is 0 Å². The summed E-state index contributed by atoms with van der Waals surface area (Å²) in [5.74, 6) is -0.385. The summed E-state index contributed by atoms with van der Waals surface area (Å²) in [5, 5.41) is 13.8. The average Bonchev–Trinajstić information content (AvgIpc) is 4.52. The van der Waals surface area contributed by atoms with Gasteiger partial charge in [-0.2, -0.15) is 28.5 Å². The standard InChI is InChI=1S/C19H19F3N4O2S.C19H22N4O2S.C18H19FN4O2S/c1-24-7-5-13(6-8-24)17-12-26(29(27,28)15-10-23-25(2)11-15)18-4-3-14(9-16(17)18)19(20,21)22;1-14-19(12-20-22(14)3)26(24,25)23-13-17(15-8-10-21(2)11-9-15)16-6-4-5-7-18(16)23;1-21-7-5-13(6-8-21)17-12-23(18-4-3-14(19)9-16(17)18)26(24,25)15-10-20-22(2)11-15/h3-5,9-12H,6-8H2,1-2H3;4-8,12-13H,9-11H2,1-3H3;3-5,9-12H,6-8H2,1-2H3. The van der Waals surface area contributed by atoms with Gasteiger partial charge in [0.15, 0.2) is 0 Å². The Balaban J connectivity index is 0.000000137. The summed E-state index contributed by atoms with van der Waals surface area (Å²) in [4.78, 5) is 6.82. The van der Waals surface area contributed by atoms with Gasteiger partial charge in [-0.3, -0.25) is 14.0 Å². The first-order valence-corrected chi connectivity index (χ1v) is 30.1. The highest BCUT2D eigenvalue weighted by molar-refractivity contribution is 7.90. The molecule has 0 unspecified atom stereocenters. The summed E-state index contributed by atoms with van der Waals surface area (Å²) in [6, 6.07) is 15.0. The van der Waals surface area contributed by atoms with Crippen molar-refractivity contribution in [2.24, 2.45) is 21.1 Å². The lowest BCUT2D eigenvalue weighted by Crippen LogP contribution is -2.23. The fraction of sp³-hybridized carbons (Fsp3) is 0.304. The molecular weight excluding hydrogens is 1110 g/mol. The van der Waals surface area contributed by atoms with Gasteiger partial charge in [0.2, 0.25) is 0 Å². The van der Waals surface area contributed by atoms with Crippen LogP contribution < -0.4 is 0 Å². The van der Waals surface area contributed by atoms with Crippen molar-refractivity contribution in [2.45, 2.75) is 47.0 Å². The minimum atomic E-state index is -4.52. The Hall–Kier alpha value is -7.42. The summed E-state index contributed by atoms with van der Waals surface area (Å²) in [7, 11) is -0.454. The Morgan fingerprint density at radius 1 is 0.494 bits per heavy atom. The SMILES string of the molecule is CN1CC=C(c2cn(S(=O)(=O)c3cnn(C)c3)c3ccc(C(F)(F)F)cc23)CC1.CN1CC=C(c2cn(S(=O)(=O)c3cnn(C)c3)c3ccc(F)cc23)CC1.Cc1c(S(=O)(=O)n2cc(C3=CCN(C)CC3)c3ccccc32)cnn1C. The molecule has 3 aliphatic heterocycles. The highest BCUT2D eigenvalue weighted by Gasteiger charge is 2.33. The van der Waals surface area contributed by atoms with E-state index >= 15 is 0 Å². The molecule has 9 aromatic rings. The number of alkyl halides is 3. The van der Waals surface area contributed by atoms with Crippen molar-refractivity contribution in [3.05, 3.63) is 162 Å². The van der Waals surface area contributed by atoms with Crippen LogP contribution >= 0.6 is 0 Å². The number of halogens is 4. The van der Waals surface area contributed by atoms with E-state index in [1.165, 1.54) is 84.3 Å². The van der Waals surface area contributed by atoms with Gasteiger partial charge in [0, 0.05) is 124 Å². The first kappa shape index (κ1) is 56.8. The lowest BCUT2D eigenvalue weighted by Gasteiger charge is -2.21. The van der Waals surface area contributed by atoms with E-state index in [0.29, 0.717) is 40.6 Å². The Morgan fingerprint density at radius 2 is 0.926 bits per heavy atom. The monoisotopic (exact) mass is 1170 g/mol. The number of para-hydroxylation sites is 1. The Morgan fingerprint density at radius 3 is 1.35 bits per heavy atom. The molecule has 0 N–H and O–H groups in total. The molecule has 25 heteroatoms. The van der Waals surface area contributed by atoms with E-state index in [1.54, 1.807) is 45.1 Å². The second kappa shape index (κ2) is 21.8. The van der Waals surface area contributed by atoms with E-state index in [2.05, 4.69) is 49.2 Å². The molecule has 9 heterocycles. The fourth-order valence-corrected chi connectivity index (χ4v) is 14.5. The number of aromatic nitrogens is 9. The Bertz CT molecular complexity index is 4350. The number of benzene rings is 3. The van der Waals surface area contributed by atoms with Crippen molar-refractivity contribution in [2.75, 3.05) is 60.4 Å². The third-order valence-corrected chi connectivity index (χ3v) is 20.0. The summed E-state index contributed by atoms with van der Waals surface area (Å²) in [5.41, 5.74) is 6.54. The lowest BCUT2D eigenvalue weighted by atomic mass is 9.98. The predicted molar refractivity (Wildman–Crippen MR) is 303 cm³/mol. The molecule has 0 bridgehead atoms. The maximum absolute atomic E-state index is 13.9. The van der Waals surface area contributed by atoms with Crippen LogP contribution in [0.15, 0.2) is 143 Å². The number of hydrogen-bond acceptors (Lipinski definition) is 12. The molecule has 6 aromatic heterocycles. The molecule has 0 radical (unpaired) electrons. The maximum Gasteiger partial charge on any atom is 0.416 e. The third-order valence-electron chi connectivity index (χ3n) is 15.0. The van der Waals surface area contributed by atoms with Crippen molar-refractivity contribution >= 4 is 79.5 Å². The van der Waals surface area contributed by atoms with Crippen LogP contribution in [-0.4, -0.2) is 142 Å². The summed E-state index contributed by atoms with van der Waals surface area (Å²) in [6.45, 7) is 6.67. The minimum Gasteiger partial charge on any atom is -0.302 e. The third kappa shape index (κ3) is 11.1. The van der Waals surface area contributed by atoms with E-state index in [1.807, 2.05) is 44.4 Å². The van der Waals surface area contributed by atoms with Gasteiger partial charge in [-0.1, -0.05) is 36.4 Å². The van der Waals surface area contributed by atoms with Crippen LogP contribution in [0.1, 0.15) is 47.2 Å². The molecule has 18 nitrogen and oxygen atoms in total. The van der Waals surface area contributed by atoms with Crippen molar-refractivity contribution in [3.63, 3.8) is 0 Å². The molecule has 81 heavy (non-hydrogen) atoms. The number of fused-ring (bicyclic) bond motifs is 3. The van der Waals surface area contributed by atoms with Gasteiger partial charge < -0.3 is 14.7 Å². The van der Waals surface area contributed by atoms with Crippen LogP contribution in [0.25, 0.3) is 49.4 Å². The quantitative estimate of drug-likeness (QED) is 0.126. The number of rotatable bonds is 9. The van der Waals surface area contributed by atoms with Gasteiger partial charge in [0.25, 0.3) is 30.1 Å². The molecular formula is C56H60F4N12O6S3. The van der Waals surface area contributed by atoms with Crippen LogP contribution in [0.3, 0.4) is 0 Å². The zero-order valence-electron chi connectivity index (χ0n) is 45.5. The van der Waals surface area contributed by atoms with Gasteiger partial charge in [0.05, 0.1) is 46.4 Å². The van der Waals surface area contributed by atoms with E-state index in [4.69, 9.17) is 0 Å². The van der Waals surface area contributed by atoms with Gasteiger partial charge in [-0.05, 0) is 107 Å². The summed E-state index contributed by atoms with van der Waals surface area (Å²) < 4.78 is 141. The molecule has 0 atom stereocenters. The van der Waals surface area contributed by atoms with Crippen molar-refractivity contribution < 1.29 is 42.8 Å². The molecule has 12 rings (SSSR count). The molecule has 3 aliphatic rings. The van der Waals surface area contributed by atoms with E-state index < -0.39 is 41.8 Å². The van der Waals surface area contributed by atoms with E-state index in [0.717, 1.165) is 89.3 Å². The summed E-state index contributed by atoms with van der Waals surface area (Å²) in [6.07, 6.45) is 15.6. The van der Waals surface area contributed by atoms with Gasteiger partial charge in [-0.25, -0.2) is 41.6 Å². The van der Waals surface area contributed by atoms with Crippen molar-refractivity contribution in [1.29, 1.82) is 0 Å². The maximum atomic E-state index is 13.9. The molecule has 0 amide bonds. The second-order valence-electron chi connectivity index (χ2n) is 20.6. The molecule has 0 saturated carbocycles. The first-order chi connectivity index (χ1) is 38.3. The second-order valence-corrected chi connectivity index (χ2v) is 26.0. The van der Waals surface area contributed by atoms with Crippen LogP contribution in [0.4, 0.5) is 17.6 Å². The smallest absolute Gasteiger partial charge is 0.302 e. The van der Waals surface area contributed by atoms with Crippen LogP contribution in [-0.2, 0) is 57.4 Å². The van der Waals surface area contributed by atoms with E-state index in [-0.39, 0.29) is 31.4 Å². The Kier molecular flexibility index (Phi) is 15.3. The average molecular weight is 1170 g/mol.